The molecule has 1 aromatic heterocycles. The molecular weight excluding hydrogens is 398 g/mol. The fourth-order valence-corrected chi connectivity index (χ4v) is 4.14. The maximum Gasteiger partial charge on any atom is 0.0703 e. The Kier molecular flexibility index (Phi) is 6.37. The van der Waals surface area contributed by atoms with Crippen LogP contribution in [0.3, 0.4) is 0 Å². The minimum absolute atomic E-state index is 0.0798. The molecule has 0 amide bonds. The van der Waals surface area contributed by atoms with E-state index >= 15 is 0 Å². The number of hydrazine groups is 1. The van der Waals surface area contributed by atoms with Crippen molar-refractivity contribution in [3.63, 3.8) is 0 Å². The van der Waals surface area contributed by atoms with Crippen LogP contribution >= 0.6 is 0 Å². The Morgan fingerprint density at radius 1 is 1.22 bits per heavy atom. The quantitative estimate of drug-likeness (QED) is 0.203. The van der Waals surface area contributed by atoms with Gasteiger partial charge in [-0.25, -0.2) is 0 Å². The molecule has 0 bridgehead atoms. The minimum atomic E-state index is 0.0798. The smallest absolute Gasteiger partial charge is 0.0703 e. The summed E-state index contributed by atoms with van der Waals surface area (Å²) in [7, 11) is 1.84. The van der Waals surface area contributed by atoms with Gasteiger partial charge < -0.3 is 26.8 Å². The van der Waals surface area contributed by atoms with Gasteiger partial charge in [-0.15, -0.1) is 0 Å². The number of fused-ring (bicyclic) bond motifs is 2. The average Bonchev–Trinajstić information content (AvgIpc) is 3.01. The highest BCUT2D eigenvalue weighted by Gasteiger charge is 2.23. The van der Waals surface area contributed by atoms with Gasteiger partial charge in [0, 0.05) is 60.1 Å². The van der Waals surface area contributed by atoms with Crippen molar-refractivity contribution in [1.82, 2.24) is 21.0 Å². The zero-order valence-electron chi connectivity index (χ0n) is 18.4. The van der Waals surface area contributed by atoms with Gasteiger partial charge in [0.05, 0.1) is 17.3 Å². The fraction of sp³-hybridized carbons (Fsp3) is 0.200. The second kappa shape index (κ2) is 9.53. The minimum Gasteiger partial charge on any atom is -0.393 e. The molecule has 7 nitrogen and oxygen atoms in total. The largest absolute Gasteiger partial charge is 0.393 e. The van der Waals surface area contributed by atoms with E-state index in [1.807, 2.05) is 44.6 Å². The molecule has 1 atom stereocenters. The van der Waals surface area contributed by atoms with Crippen molar-refractivity contribution in [2.75, 3.05) is 18.9 Å². The van der Waals surface area contributed by atoms with Crippen LogP contribution in [0.15, 0.2) is 66.6 Å². The third kappa shape index (κ3) is 4.29. The number of hydrogen-bond donors (Lipinski definition) is 6. The summed E-state index contributed by atoms with van der Waals surface area (Å²) in [5, 5.41) is 19.2. The average molecular weight is 428 g/mol. The maximum absolute atomic E-state index is 7.83. The monoisotopic (exact) mass is 427 g/mol. The first kappa shape index (κ1) is 21.4. The first-order valence-electron chi connectivity index (χ1n) is 10.7. The molecule has 3 aromatic rings. The molecule has 2 aromatic carbocycles. The number of anilines is 1. The third-order valence-corrected chi connectivity index (χ3v) is 5.76. The Labute approximate surface area is 188 Å². The Hall–Kier alpha value is -3.84. The number of nitrogens with one attached hydrogen (secondary N) is 5. The third-order valence-electron chi connectivity index (χ3n) is 5.76. The summed E-state index contributed by atoms with van der Waals surface area (Å²) < 4.78 is 0. The van der Waals surface area contributed by atoms with E-state index in [9.17, 15) is 0 Å². The molecule has 1 aliphatic rings. The lowest BCUT2D eigenvalue weighted by Crippen LogP contribution is -2.25. The molecule has 164 valence electrons. The van der Waals surface area contributed by atoms with E-state index < -0.39 is 0 Å². The Balaban J connectivity index is 1.80. The number of nitrogens with zero attached hydrogens (tertiary/aromatic N) is 1. The van der Waals surface area contributed by atoms with E-state index in [0.717, 1.165) is 63.2 Å². The topological polar surface area (TPSA) is 111 Å². The summed E-state index contributed by atoms with van der Waals surface area (Å²) in [6.07, 6.45) is 5.91. The maximum atomic E-state index is 7.83. The summed E-state index contributed by atoms with van der Waals surface area (Å²) >= 11 is 0. The van der Waals surface area contributed by atoms with Gasteiger partial charge in [0.2, 0.25) is 0 Å². The van der Waals surface area contributed by atoms with E-state index in [1.54, 1.807) is 0 Å². The standard InChI is InChI=1S/C25H29N7/c1-16(32-27)25-21-7-5-17(19(14-26)15-28-2)13-22(21)24(9-11-30-25)31-20-6-8-23-18(12-20)4-3-10-29-23/h3-8,10,12-15,24,26,28,30-32H,9,11,27H2,1-2H3/b19-15+,25-16-,26-14?. The number of aromatic nitrogens is 1. The van der Waals surface area contributed by atoms with E-state index in [4.69, 9.17) is 11.3 Å². The molecule has 0 saturated heterocycles. The predicted molar refractivity (Wildman–Crippen MR) is 133 cm³/mol. The lowest BCUT2D eigenvalue weighted by atomic mass is 9.92. The van der Waals surface area contributed by atoms with E-state index in [2.05, 4.69) is 56.7 Å². The van der Waals surface area contributed by atoms with Gasteiger partial charge in [-0.1, -0.05) is 18.2 Å². The molecule has 1 aliphatic heterocycles. The molecule has 0 spiro atoms. The lowest BCUT2D eigenvalue weighted by Gasteiger charge is -2.22. The molecule has 0 aliphatic carbocycles. The zero-order valence-corrected chi connectivity index (χ0v) is 18.4. The first-order valence-corrected chi connectivity index (χ1v) is 10.7. The summed E-state index contributed by atoms with van der Waals surface area (Å²) in [4.78, 5) is 4.42. The molecular formula is C25H29N7. The van der Waals surface area contributed by atoms with Crippen molar-refractivity contribution in [3.8, 4) is 0 Å². The Morgan fingerprint density at radius 2 is 2.09 bits per heavy atom. The van der Waals surface area contributed by atoms with Crippen molar-refractivity contribution in [2.24, 2.45) is 5.84 Å². The lowest BCUT2D eigenvalue weighted by molar-refractivity contribution is 0.681. The molecule has 0 fully saturated rings. The van der Waals surface area contributed by atoms with Gasteiger partial charge in [-0.05, 0) is 54.8 Å². The fourth-order valence-electron chi connectivity index (χ4n) is 4.14. The first-order chi connectivity index (χ1) is 15.6. The number of benzene rings is 2. The number of hydrogen-bond acceptors (Lipinski definition) is 7. The highest BCUT2D eigenvalue weighted by Crippen LogP contribution is 2.34. The molecule has 7 N–H and O–H groups in total. The van der Waals surface area contributed by atoms with Crippen LogP contribution in [0.1, 0.15) is 36.1 Å². The number of nitrogens with two attached hydrogens (primary N) is 1. The van der Waals surface area contributed by atoms with Gasteiger partial charge in [-0.2, -0.15) is 0 Å². The van der Waals surface area contributed by atoms with Gasteiger partial charge in [0.1, 0.15) is 0 Å². The van der Waals surface area contributed by atoms with Crippen LogP contribution in [-0.2, 0) is 0 Å². The number of rotatable bonds is 6. The van der Waals surface area contributed by atoms with Crippen molar-refractivity contribution in [2.45, 2.75) is 19.4 Å². The van der Waals surface area contributed by atoms with Crippen LogP contribution in [0.2, 0.25) is 0 Å². The van der Waals surface area contributed by atoms with Crippen LogP contribution in [0.25, 0.3) is 22.2 Å². The highest BCUT2D eigenvalue weighted by molar-refractivity contribution is 6.08. The Morgan fingerprint density at radius 3 is 2.88 bits per heavy atom. The van der Waals surface area contributed by atoms with E-state index in [0.29, 0.717) is 0 Å². The molecule has 2 heterocycles. The molecule has 32 heavy (non-hydrogen) atoms. The van der Waals surface area contributed by atoms with Gasteiger partial charge in [0.15, 0.2) is 0 Å². The van der Waals surface area contributed by atoms with Crippen LogP contribution in [-0.4, -0.2) is 24.8 Å². The molecule has 1 unspecified atom stereocenters. The summed E-state index contributed by atoms with van der Waals surface area (Å²) in [5.74, 6) is 5.74. The Bertz CT molecular complexity index is 1200. The summed E-state index contributed by atoms with van der Waals surface area (Å²) in [6.45, 7) is 2.77. The zero-order chi connectivity index (χ0) is 22.5. The SMILES string of the molecule is CN/C=C(\C=N)c1ccc2c(c1)C(Nc1ccc3ncccc3c1)CCN/C2=C(/C)NN. The molecule has 0 saturated carbocycles. The number of allylic oxidation sites excluding steroid dienone is 2. The van der Waals surface area contributed by atoms with Gasteiger partial charge in [-0.3, -0.25) is 10.8 Å². The van der Waals surface area contributed by atoms with Crippen LogP contribution < -0.4 is 27.2 Å². The van der Waals surface area contributed by atoms with Crippen LogP contribution in [0.4, 0.5) is 5.69 Å². The van der Waals surface area contributed by atoms with Gasteiger partial charge >= 0.3 is 0 Å². The van der Waals surface area contributed by atoms with Crippen molar-refractivity contribution in [1.29, 1.82) is 5.41 Å². The normalized spacial score (nSPS) is 17.6. The van der Waals surface area contributed by atoms with Crippen molar-refractivity contribution < 1.29 is 0 Å². The van der Waals surface area contributed by atoms with E-state index in [-0.39, 0.29) is 6.04 Å². The molecule has 7 heteroatoms. The second-order valence-electron chi connectivity index (χ2n) is 7.80. The van der Waals surface area contributed by atoms with Crippen LogP contribution in [0, 0.1) is 5.41 Å². The summed E-state index contributed by atoms with van der Waals surface area (Å²) in [6, 6.07) is 16.7. The van der Waals surface area contributed by atoms with Crippen molar-refractivity contribution >= 4 is 34.1 Å². The van der Waals surface area contributed by atoms with Gasteiger partial charge in [0.25, 0.3) is 0 Å². The molecule has 0 radical (unpaired) electrons. The number of pyridine rings is 1. The van der Waals surface area contributed by atoms with E-state index in [1.165, 1.54) is 6.21 Å². The second-order valence-corrected chi connectivity index (χ2v) is 7.80. The van der Waals surface area contributed by atoms with Crippen LogP contribution in [0.5, 0.6) is 0 Å². The predicted octanol–water partition coefficient (Wildman–Crippen LogP) is 3.74. The molecule has 4 rings (SSSR count). The van der Waals surface area contributed by atoms with Crippen molar-refractivity contribution in [3.05, 3.63) is 83.3 Å². The highest BCUT2D eigenvalue weighted by atomic mass is 15.2. The summed E-state index contributed by atoms with van der Waals surface area (Å²) in [5.41, 5.74) is 10.8.